The van der Waals surface area contributed by atoms with E-state index in [1.807, 2.05) is 110 Å². The maximum absolute atomic E-state index is 12.2. The summed E-state index contributed by atoms with van der Waals surface area (Å²) < 4.78 is 7.38. The summed E-state index contributed by atoms with van der Waals surface area (Å²) in [5, 5.41) is 19.2. The Labute approximate surface area is 220 Å². The molecule has 1 N–H and O–H groups in total. The molecular weight excluding hydrogens is 488 g/mol. The fourth-order valence-electron chi connectivity index (χ4n) is 4.10. The first-order valence-corrected chi connectivity index (χ1v) is 12.3. The number of aryl methyl sites for hydroxylation is 1. The molecule has 0 spiro atoms. The molecule has 1 aliphatic rings. The Balaban J connectivity index is 1.55. The van der Waals surface area contributed by atoms with Crippen LogP contribution in [0, 0.1) is 6.92 Å². The number of carbonyl (C=O) groups is 1. The van der Waals surface area contributed by atoms with Gasteiger partial charge in [0.25, 0.3) is 5.95 Å². The van der Waals surface area contributed by atoms with Gasteiger partial charge in [-0.15, -0.1) is 10.2 Å². The second-order valence-electron chi connectivity index (χ2n) is 9.74. The van der Waals surface area contributed by atoms with Crippen LogP contribution in [-0.4, -0.2) is 32.2 Å². The van der Waals surface area contributed by atoms with E-state index in [-0.39, 0.29) is 0 Å². The van der Waals surface area contributed by atoms with Crippen LogP contribution < -0.4 is 10.3 Å². The van der Waals surface area contributed by atoms with Gasteiger partial charge in [-0.2, -0.15) is 5.10 Å². The molecule has 8 nitrogen and oxygen atoms in total. The van der Waals surface area contributed by atoms with E-state index in [1.165, 1.54) is 0 Å². The molecule has 0 saturated heterocycles. The number of benzene rings is 3. The van der Waals surface area contributed by atoms with Gasteiger partial charge in [0.1, 0.15) is 17.1 Å². The van der Waals surface area contributed by atoms with Crippen molar-refractivity contribution in [2.24, 2.45) is 5.10 Å². The molecule has 0 atom stereocenters. The lowest BCUT2D eigenvalue weighted by Gasteiger charge is -2.20. The Morgan fingerprint density at radius 2 is 1.68 bits per heavy atom. The highest BCUT2D eigenvalue weighted by Crippen LogP contribution is 2.31. The Morgan fingerprint density at radius 1 is 0.973 bits per heavy atom. The Morgan fingerprint density at radius 3 is 2.38 bits per heavy atom. The van der Waals surface area contributed by atoms with Crippen LogP contribution in [0.25, 0.3) is 5.69 Å². The number of hydrogen-bond acceptors (Lipinski definition) is 6. The van der Waals surface area contributed by atoms with Crippen molar-refractivity contribution in [1.29, 1.82) is 0 Å². The lowest BCUT2D eigenvalue weighted by atomic mass is 10.0. The van der Waals surface area contributed by atoms with Gasteiger partial charge in [0.2, 0.25) is 0 Å². The number of aromatic nitrogens is 3. The molecular formula is C28H27ClN6O2. The SMILES string of the molecule is Cc1nnc2n1-c1ccccc1C(c1ccc(NC(=O)OC(C)(C)C)cc1)=NN2Cc1ccc(Cl)cc1. The molecule has 188 valence electrons. The lowest BCUT2D eigenvalue weighted by Crippen LogP contribution is -2.27. The molecule has 1 aliphatic heterocycles. The second-order valence-corrected chi connectivity index (χ2v) is 10.2. The normalized spacial score (nSPS) is 12.8. The monoisotopic (exact) mass is 514 g/mol. The maximum Gasteiger partial charge on any atom is 0.412 e. The number of anilines is 2. The smallest absolute Gasteiger partial charge is 0.412 e. The third-order valence-electron chi connectivity index (χ3n) is 5.71. The van der Waals surface area contributed by atoms with E-state index in [4.69, 9.17) is 21.4 Å². The van der Waals surface area contributed by atoms with Crippen molar-refractivity contribution < 1.29 is 9.53 Å². The number of hydrazone groups is 1. The van der Waals surface area contributed by atoms with E-state index in [9.17, 15) is 4.79 Å². The van der Waals surface area contributed by atoms with Gasteiger partial charge < -0.3 is 4.74 Å². The van der Waals surface area contributed by atoms with Crippen LogP contribution >= 0.6 is 11.6 Å². The number of hydrogen-bond donors (Lipinski definition) is 1. The van der Waals surface area contributed by atoms with Gasteiger partial charge >= 0.3 is 6.09 Å². The number of nitrogens with zero attached hydrogens (tertiary/aromatic N) is 5. The first-order valence-electron chi connectivity index (χ1n) is 11.9. The predicted molar refractivity (Wildman–Crippen MR) is 146 cm³/mol. The zero-order chi connectivity index (χ0) is 26.2. The quantitative estimate of drug-likeness (QED) is 0.343. The third-order valence-corrected chi connectivity index (χ3v) is 5.96. The number of rotatable bonds is 4. The average molecular weight is 515 g/mol. The molecule has 1 aromatic heterocycles. The van der Waals surface area contributed by atoms with E-state index < -0.39 is 11.7 Å². The molecule has 9 heteroatoms. The molecule has 37 heavy (non-hydrogen) atoms. The summed E-state index contributed by atoms with van der Waals surface area (Å²) in [5.41, 5.74) is 4.63. The number of fused-ring (bicyclic) bond motifs is 3. The van der Waals surface area contributed by atoms with E-state index in [1.54, 1.807) is 0 Å². The van der Waals surface area contributed by atoms with Gasteiger partial charge in [-0.1, -0.05) is 54.1 Å². The first kappa shape index (κ1) is 24.5. The summed E-state index contributed by atoms with van der Waals surface area (Å²) in [5.74, 6) is 1.38. The van der Waals surface area contributed by atoms with Crippen LogP contribution in [0.3, 0.4) is 0 Å². The van der Waals surface area contributed by atoms with Crippen molar-refractivity contribution >= 4 is 35.0 Å². The van der Waals surface area contributed by atoms with Crippen LogP contribution in [-0.2, 0) is 11.3 Å². The van der Waals surface area contributed by atoms with Gasteiger partial charge in [-0.05, 0) is 63.6 Å². The molecule has 2 heterocycles. The number of halogens is 1. The molecule has 5 rings (SSSR count). The number of carbonyl (C=O) groups excluding carboxylic acids is 1. The van der Waals surface area contributed by atoms with Gasteiger partial charge in [0.15, 0.2) is 0 Å². The van der Waals surface area contributed by atoms with Crippen molar-refractivity contribution in [3.8, 4) is 5.69 Å². The fraction of sp³-hybridized carbons (Fsp3) is 0.214. The third kappa shape index (κ3) is 5.34. The molecule has 3 aromatic carbocycles. The van der Waals surface area contributed by atoms with Crippen molar-refractivity contribution in [2.45, 2.75) is 39.8 Å². The van der Waals surface area contributed by atoms with Gasteiger partial charge in [-0.25, -0.2) is 9.80 Å². The summed E-state index contributed by atoms with van der Waals surface area (Å²) >= 11 is 6.10. The minimum absolute atomic E-state index is 0.477. The first-order chi connectivity index (χ1) is 17.7. The van der Waals surface area contributed by atoms with Crippen LogP contribution in [0.15, 0.2) is 77.9 Å². The Kier molecular flexibility index (Phi) is 6.43. The number of nitrogens with one attached hydrogen (secondary N) is 1. The molecule has 0 fully saturated rings. The van der Waals surface area contributed by atoms with Crippen molar-refractivity contribution in [3.63, 3.8) is 0 Å². The van der Waals surface area contributed by atoms with E-state index in [0.717, 1.165) is 33.9 Å². The van der Waals surface area contributed by atoms with Crippen LogP contribution in [0.1, 0.15) is 43.3 Å². The van der Waals surface area contributed by atoms with Crippen LogP contribution in [0.2, 0.25) is 5.02 Å². The van der Waals surface area contributed by atoms with Crippen LogP contribution in [0.5, 0.6) is 0 Å². The average Bonchev–Trinajstić information content (AvgIpc) is 3.17. The molecule has 0 aliphatic carbocycles. The maximum atomic E-state index is 12.2. The summed E-state index contributed by atoms with van der Waals surface area (Å²) in [6.07, 6.45) is -0.500. The highest BCUT2D eigenvalue weighted by atomic mass is 35.5. The predicted octanol–water partition coefficient (Wildman–Crippen LogP) is 6.35. The van der Waals surface area contributed by atoms with Crippen LogP contribution in [0.4, 0.5) is 16.4 Å². The minimum Gasteiger partial charge on any atom is -0.444 e. The zero-order valence-electron chi connectivity index (χ0n) is 21.1. The molecule has 0 saturated carbocycles. The highest BCUT2D eigenvalue weighted by molar-refractivity contribution is 6.30. The Hall–Kier alpha value is -4.17. The number of para-hydroxylation sites is 1. The number of amides is 1. The molecule has 4 aromatic rings. The standard InChI is InChI=1S/C28H27ClN6O2/c1-18-31-32-26-34(17-19-9-13-21(29)14-10-19)33-25(23-7-5-6-8-24(23)35(18)26)20-11-15-22(16-12-20)30-27(36)37-28(2,3)4/h5-16H,17H2,1-4H3,(H,30,36). The van der Waals surface area contributed by atoms with Crippen molar-refractivity contribution in [3.05, 3.63) is 100 Å². The lowest BCUT2D eigenvalue weighted by molar-refractivity contribution is 0.0636. The van der Waals surface area contributed by atoms with E-state index in [2.05, 4.69) is 15.5 Å². The van der Waals surface area contributed by atoms with E-state index >= 15 is 0 Å². The van der Waals surface area contributed by atoms with Crippen molar-refractivity contribution in [1.82, 2.24) is 14.8 Å². The van der Waals surface area contributed by atoms with E-state index in [0.29, 0.717) is 23.2 Å². The van der Waals surface area contributed by atoms with Gasteiger partial charge in [0, 0.05) is 21.8 Å². The second kappa shape index (κ2) is 9.71. The topological polar surface area (TPSA) is 84.6 Å². The molecule has 0 bridgehead atoms. The minimum atomic E-state index is -0.575. The van der Waals surface area contributed by atoms with Gasteiger partial charge in [-0.3, -0.25) is 9.88 Å². The summed E-state index contributed by atoms with van der Waals surface area (Å²) in [6.45, 7) is 7.89. The fourth-order valence-corrected chi connectivity index (χ4v) is 4.23. The Bertz CT molecular complexity index is 1470. The number of ether oxygens (including phenoxy) is 1. The summed E-state index contributed by atoms with van der Waals surface area (Å²) in [4.78, 5) is 12.2. The highest BCUT2D eigenvalue weighted by Gasteiger charge is 2.26. The zero-order valence-corrected chi connectivity index (χ0v) is 21.8. The molecule has 0 unspecified atom stereocenters. The largest absolute Gasteiger partial charge is 0.444 e. The van der Waals surface area contributed by atoms with Gasteiger partial charge in [0.05, 0.1) is 12.2 Å². The van der Waals surface area contributed by atoms with Crippen molar-refractivity contribution in [2.75, 3.05) is 10.3 Å². The summed E-state index contributed by atoms with van der Waals surface area (Å²) in [7, 11) is 0. The summed E-state index contributed by atoms with van der Waals surface area (Å²) in [6, 6.07) is 23.3. The molecule has 0 radical (unpaired) electrons. The molecule has 1 amide bonds.